The molecule has 0 aromatic heterocycles. The predicted molar refractivity (Wildman–Crippen MR) is 156 cm³/mol. The van der Waals surface area contributed by atoms with Gasteiger partial charge < -0.3 is 14.4 Å². The van der Waals surface area contributed by atoms with E-state index in [-0.39, 0.29) is 23.2 Å². The topological polar surface area (TPSA) is 77.2 Å². The molecule has 3 aromatic rings. The summed E-state index contributed by atoms with van der Waals surface area (Å²) in [5.41, 5.74) is 6.07. The standard InChI is InChI=1S/C31H23F4N3O4S/c32-29(33)41-23-12-4-18(5-13-23)16-21-2-1-3-25-27(21)36-31-37(28(25)20-8-14-24(15-9-20)42-30(34)35)26(17-43-31)19-6-10-22(11-7-19)38(39)40/h4-17,28-30H,1-3H2/b21-16+/t28-/m1/s1. The first-order valence-corrected chi connectivity index (χ1v) is 14.2. The van der Waals surface area contributed by atoms with Gasteiger partial charge in [0.25, 0.3) is 5.69 Å². The van der Waals surface area contributed by atoms with Crippen molar-refractivity contribution in [2.75, 3.05) is 0 Å². The molecule has 0 saturated heterocycles. The van der Waals surface area contributed by atoms with Crippen molar-refractivity contribution in [3.05, 3.63) is 122 Å². The van der Waals surface area contributed by atoms with E-state index in [1.165, 1.54) is 48.2 Å². The molecule has 0 amide bonds. The fourth-order valence-electron chi connectivity index (χ4n) is 5.46. The highest BCUT2D eigenvalue weighted by Crippen LogP contribution is 2.51. The number of nitrogens with zero attached hydrogens (tertiary/aromatic N) is 3. The molecular formula is C31H23F4N3O4S. The number of fused-ring (bicyclic) bond motifs is 1. The summed E-state index contributed by atoms with van der Waals surface area (Å²) in [4.78, 5) is 17.9. The van der Waals surface area contributed by atoms with Gasteiger partial charge in [-0.05, 0) is 89.6 Å². The predicted octanol–water partition coefficient (Wildman–Crippen LogP) is 8.78. The number of hydrogen-bond donors (Lipinski definition) is 0. The fraction of sp³-hybridized carbons (Fsp3) is 0.194. The molecule has 0 N–H and O–H groups in total. The molecule has 12 heteroatoms. The van der Waals surface area contributed by atoms with E-state index < -0.39 is 18.1 Å². The monoisotopic (exact) mass is 609 g/mol. The number of nitro benzene ring substituents is 1. The highest BCUT2D eigenvalue weighted by molar-refractivity contribution is 8.16. The number of halogens is 4. The lowest BCUT2D eigenvalue weighted by Crippen LogP contribution is -2.34. The first kappa shape index (κ1) is 28.5. The average molecular weight is 610 g/mol. The molecule has 0 bridgehead atoms. The number of nitro groups is 1. The number of thioether (sulfide) groups is 1. The Labute approximate surface area is 248 Å². The maximum Gasteiger partial charge on any atom is 0.387 e. The molecule has 2 heterocycles. The van der Waals surface area contributed by atoms with Gasteiger partial charge in [0.05, 0.1) is 22.4 Å². The lowest BCUT2D eigenvalue weighted by molar-refractivity contribution is -0.384. The highest BCUT2D eigenvalue weighted by Gasteiger charge is 2.40. The molecule has 43 heavy (non-hydrogen) atoms. The van der Waals surface area contributed by atoms with E-state index in [9.17, 15) is 27.7 Å². The first-order chi connectivity index (χ1) is 20.8. The minimum atomic E-state index is -2.94. The molecule has 7 nitrogen and oxygen atoms in total. The zero-order chi connectivity index (χ0) is 30.1. The maximum absolute atomic E-state index is 12.8. The van der Waals surface area contributed by atoms with Crippen LogP contribution in [0.2, 0.25) is 0 Å². The van der Waals surface area contributed by atoms with E-state index in [1.54, 1.807) is 36.4 Å². The summed E-state index contributed by atoms with van der Waals surface area (Å²) < 4.78 is 59.9. The number of ether oxygens (including phenoxy) is 2. The van der Waals surface area contributed by atoms with Crippen LogP contribution in [0.4, 0.5) is 23.2 Å². The number of allylic oxidation sites excluding steroid dienone is 1. The van der Waals surface area contributed by atoms with Crippen LogP contribution in [0.5, 0.6) is 11.5 Å². The Morgan fingerprint density at radius 2 is 1.53 bits per heavy atom. The van der Waals surface area contributed by atoms with Gasteiger partial charge in [0.15, 0.2) is 5.17 Å². The van der Waals surface area contributed by atoms with Crippen LogP contribution in [-0.2, 0) is 0 Å². The largest absolute Gasteiger partial charge is 0.435 e. The van der Waals surface area contributed by atoms with Gasteiger partial charge in [0, 0.05) is 17.5 Å². The highest BCUT2D eigenvalue weighted by atomic mass is 32.2. The van der Waals surface area contributed by atoms with Gasteiger partial charge >= 0.3 is 13.2 Å². The second-order valence-electron chi connectivity index (χ2n) is 9.88. The lowest BCUT2D eigenvalue weighted by Gasteiger charge is -2.40. The zero-order valence-electron chi connectivity index (χ0n) is 22.3. The molecule has 0 saturated carbocycles. The van der Waals surface area contributed by atoms with E-state index in [4.69, 9.17) is 4.99 Å². The van der Waals surface area contributed by atoms with Crippen LogP contribution >= 0.6 is 11.8 Å². The molecule has 0 unspecified atom stereocenters. The van der Waals surface area contributed by atoms with Crippen LogP contribution < -0.4 is 9.47 Å². The molecule has 1 aliphatic carbocycles. The average Bonchev–Trinajstić information content (AvgIpc) is 3.41. The second-order valence-corrected chi connectivity index (χ2v) is 10.7. The van der Waals surface area contributed by atoms with Crippen LogP contribution in [-0.4, -0.2) is 28.2 Å². The third-order valence-corrected chi connectivity index (χ3v) is 8.12. The van der Waals surface area contributed by atoms with Crippen LogP contribution in [0.1, 0.15) is 42.0 Å². The molecule has 6 rings (SSSR count). The molecule has 0 fully saturated rings. The Kier molecular flexibility index (Phi) is 7.94. The van der Waals surface area contributed by atoms with E-state index in [1.807, 2.05) is 11.5 Å². The molecule has 3 aliphatic rings. The third kappa shape index (κ3) is 6.00. The number of rotatable bonds is 8. The molecule has 2 aliphatic heterocycles. The quantitative estimate of drug-likeness (QED) is 0.144. The van der Waals surface area contributed by atoms with Crippen molar-refractivity contribution >= 4 is 34.4 Å². The normalized spacial score (nSPS) is 18.9. The molecule has 1 atom stereocenters. The van der Waals surface area contributed by atoms with Crippen molar-refractivity contribution in [3.8, 4) is 11.5 Å². The zero-order valence-corrected chi connectivity index (χ0v) is 23.1. The van der Waals surface area contributed by atoms with Crippen molar-refractivity contribution < 1.29 is 32.0 Å². The Balaban J connectivity index is 1.41. The summed E-state index contributed by atoms with van der Waals surface area (Å²) in [6.45, 7) is -5.85. The van der Waals surface area contributed by atoms with Crippen molar-refractivity contribution in [1.29, 1.82) is 0 Å². The third-order valence-electron chi connectivity index (χ3n) is 7.28. The van der Waals surface area contributed by atoms with E-state index >= 15 is 0 Å². The summed E-state index contributed by atoms with van der Waals surface area (Å²) >= 11 is 1.43. The Hall–Kier alpha value is -4.58. The summed E-state index contributed by atoms with van der Waals surface area (Å²) in [7, 11) is 0. The number of benzene rings is 3. The second kappa shape index (κ2) is 12.0. The van der Waals surface area contributed by atoms with E-state index in [0.717, 1.165) is 58.5 Å². The minimum Gasteiger partial charge on any atom is -0.435 e. The Bertz CT molecular complexity index is 1650. The number of amidine groups is 1. The van der Waals surface area contributed by atoms with Crippen molar-refractivity contribution in [2.45, 2.75) is 38.5 Å². The molecule has 3 aromatic carbocycles. The van der Waals surface area contributed by atoms with Crippen LogP contribution in [0, 0.1) is 10.1 Å². The number of hydrogen-bond acceptors (Lipinski definition) is 7. The number of non-ortho nitro benzene ring substituents is 1. The van der Waals surface area contributed by atoms with Gasteiger partial charge in [-0.15, -0.1) is 0 Å². The van der Waals surface area contributed by atoms with Gasteiger partial charge in [-0.1, -0.05) is 36.0 Å². The van der Waals surface area contributed by atoms with Crippen LogP contribution in [0.15, 0.2) is 100 Å². The first-order valence-electron chi connectivity index (χ1n) is 13.3. The van der Waals surface area contributed by atoms with E-state index in [0.29, 0.717) is 5.17 Å². The number of alkyl halides is 4. The van der Waals surface area contributed by atoms with Gasteiger partial charge in [0.1, 0.15) is 11.5 Å². The Morgan fingerprint density at radius 1 is 0.907 bits per heavy atom. The summed E-state index contributed by atoms with van der Waals surface area (Å²) in [6.07, 6.45) is 4.31. The SMILES string of the molecule is O=[N+]([O-])c1ccc(C2=CSC3=NC4=C(CCC/C4=C\c4ccc(OC(F)F)cc4)[C@@H](c4ccc(OC(F)F)cc4)N23)cc1. The maximum atomic E-state index is 12.8. The van der Waals surface area contributed by atoms with Crippen molar-refractivity contribution in [3.63, 3.8) is 0 Å². The number of aliphatic imine (C=N–C) groups is 1. The summed E-state index contributed by atoms with van der Waals surface area (Å²) in [6, 6.07) is 18.9. The fourth-order valence-corrected chi connectivity index (χ4v) is 6.39. The molecule has 0 radical (unpaired) electrons. The smallest absolute Gasteiger partial charge is 0.387 e. The summed E-state index contributed by atoms with van der Waals surface area (Å²) in [5, 5.41) is 13.9. The minimum absolute atomic E-state index is 0.0189. The lowest BCUT2D eigenvalue weighted by atomic mass is 9.82. The van der Waals surface area contributed by atoms with Gasteiger partial charge in [-0.2, -0.15) is 17.6 Å². The van der Waals surface area contributed by atoms with Crippen molar-refractivity contribution in [1.82, 2.24) is 4.90 Å². The molecular weight excluding hydrogens is 586 g/mol. The van der Waals surface area contributed by atoms with Crippen LogP contribution in [0.25, 0.3) is 11.8 Å². The molecule has 0 spiro atoms. The van der Waals surface area contributed by atoms with Gasteiger partial charge in [-0.3, -0.25) is 10.1 Å². The van der Waals surface area contributed by atoms with Gasteiger partial charge in [0.2, 0.25) is 0 Å². The van der Waals surface area contributed by atoms with Crippen molar-refractivity contribution in [2.24, 2.45) is 4.99 Å². The van der Waals surface area contributed by atoms with Crippen LogP contribution in [0.3, 0.4) is 0 Å². The summed E-state index contributed by atoms with van der Waals surface area (Å²) in [5.74, 6) is 0.115. The Morgan fingerprint density at radius 3 is 2.14 bits per heavy atom. The van der Waals surface area contributed by atoms with Gasteiger partial charge in [-0.25, -0.2) is 4.99 Å². The molecule has 220 valence electrons. The van der Waals surface area contributed by atoms with E-state index in [2.05, 4.69) is 14.4 Å².